The van der Waals surface area contributed by atoms with E-state index in [9.17, 15) is 9.59 Å². The van der Waals surface area contributed by atoms with Gasteiger partial charge < -0.3 is 30.7 Å². The van der Waals surface area contributed by atoms with Gasteiger partial charge in [-0.25, -0.2) is 0 Å². The Balaban J connectivity index is 0.000000447. The lowest BCUT2D eigenvalue weighted by Gasteiger charge is -2.15. The van der Waals surface area contributed by atoms with E-state index in [4.69, 9.17) is 25.4 Å². The first-order valence-electron chi connectivity index (χ1n) is 9.22. The third-order valence-electron chi connectivity index (χ3n) is 3.94. The van der Waals surface area contributed by atoms with E-state index in [0.29, 0.717) is 11.5 Å². The minimum absolute atomic E-state index is 0.229. The van der Waals surface area contributed by atoms with Crippen molar-refractivity contribution < 1.29 is 29.3 Å². The molecule has 1 atom stereocenters. The molecule has 0 saturated carbocycles. The third kappa shape index (κ3) is 8.22. The summed E-state index contributed by atoms with van der Waals surface area (Å²) < 4.78 is 10.9. The number of hydrogen-bond acceptors (Lipinski definition) is 7. The number of methoxy groups -OCH3 is 2. The van der Waals surface area contributed by atoms with Crippen molar-refractivity contribution in [2.75, 3.05) is 26.1 Å². The number of pyridine rings is 1. The first-order chi connectivity index (χ1) is 13.8. The van der Waals surface area contributed by atoms with Crippen LogP contribution in [0.4, 0.5) is 5.69 Å². The van der Waals surface area contributed by atoms with Gasteiger partial charge in [0.05, 0.1) is 38.3 Å². The Morgan fingerprint density at radius 1 is 1.21 bits per heavy atom. The SMILES string of the molecule is COc1cc(NCCCC(C)N)c2ncccc2c1OC.O=C(O)CCC(=O)O. The van der Waals surface area contributed by atoms with E-state index in [1.54, 1.807) is 20.4 Å². The maximum atomic E-state index is 9.64. The van der Waals surface area contributed by atoms with Crippen molar-refractivity contribution in [2.24, 2.45) is 5.73 Å². The maximum Gasteiger partial charge on any atom is 0.303 e. The number of anilines is 1. The van der Waals surface area contributed by atoms with Gasteiger partial charge in [0, 0.05) is 30.2 Å². The molecule has 0 spiro atoms. The zero-order valence-electron chi connectivity index (χ0n) is 17.0. The first-order valence-corrected chi connectivity index (χ1v) is 9.22. The summed E-state index contributed by atoms with van der Waals surface area (Å²) in [7, 11) is 3.28. The van der Waals surface area contributed by atoms with E-state index >= 15 is 0 Å². The fraction of sp³-hybridized carbons (Fsp3) is 0.450. The number of nitrogens with zero attached hydrogens (tertiary/aromatic N) is 1. The average Bonchev–Trinajstić information content (AvgIpc) is 2.69. The van der Waals surface area contributed by atoms with Crippen LogP contribution in [0.1, 0.15) is 32.6 Å². The second-order valence-corrected chi connectivity index (χ2v) is 6.39. The Kier molecular flexibility index (Phi) is 10.2. The summed E-state index contributed by atoms with van der Waals surface area (Å²) in [5, 5.41) is 20.2. The molecule has 29 heavy (non-hydrogen) atoms. The van der Waals surface area contributed by atoms with Crippen LogP contribution in [0.2, 0.25) is 0 Å². The molecule has 0 aliphatic carbocycles. The Morgan fingerprint density at radius 3 is 2.38 bits per heavy atom. The molecule has 1 aromatic carbocycles. The van der Waals surface area contributed by atoms with Crippen LogP contribution in [-0.2, 0) is 9.59 Å². The van der Waals surface area contributed by atoms with Gasteiger partial charge in [-0.3, -0.25) is 14.6 Å². The van der Waals surface area contributed by atoms with Crippen LogP contribution in [-0.4, -0.2) is 53.9 Å². The number of ether oxygens (including phenoxy) is 2. The maximum absolute atomic E-state index is 9.64. The molecular weight excluding hydrogens is 378 g/mol. The van der Waals surface area contributed by atoms with E-state index < -0.39 is 11.9 Å². The summed E-state index contributed by atoms with van der Waals surface area (Å²) in [5.74, 6) is -0.741. The quantitative estimate of drug-likeness (QED) is 0.437. The summed E-state index contributed by atoms with van der Waals surface area (Å²) in [6.45, 7) is 2.87. The molecule has 0 aliphatic heterocycles. The normalized spacial score (nSPS) is 11.2. The summed E-state index contributed by atoms with van der Waals surface area (Å²) in [4.78, 5) is 23.7. The van der Waals surface area contributed by atoms with Gasteiger partial charge in [-0.2, -0.15) is 0 Å². The number of benzene rings is 1. The molecule has 2 aromatic rings. The van der Waals surface area contributed by atoms with Crippen molar-refractivity contribution in [2.45, 2.75) is 38.6 Å². The van der Waals surface area contributed by atoms with Gasteiger partial charge >= 0.3 is 11.9 Å². The second kappa shape index (κ2) is 12.4. The highest BCUT2D eigenvalue weighted by Crippen LogP contribution is 2.39. The lowest BCUT2D eigenvalue weighted by molar-refractivity contribution is -0.143. The highest BCUT2D eigenvalue weighted by molar-refractivity contribution is 5.97. The number of aromatic nitrogens is 1. The molecule has 9 heteroatoms. The predicted octanol–water partition coefficient (Wildman–Crippen LogP) is 2.73. The fourth-order valence-electron chi connectivity index (χ4n) is 2.56. The first kappa shape index (κ1) is 24.0. The minimum Gasteiger partial charge on any atom is -0.493 e. The van der Waals surface area contributed by atoms with Gasteiger partial charge in [-0.1, -0.05) is 0 Å². The lowest BCUT2D eigenvalue weighted by Crippen LogP contribution is -2.16. The number of hydrogen-bond donors (Lipinski definition) is 4. The highest BCUT2D eigenvalue weighted by Gasteiger charge is 2.13. The van der Waals surface area contributed by atoms with Gasteiger partial charge in [-0.05, 0) is 31.9 Å². The Hall–Kier alpha value is -3.07. The smallest absolute Gasteiger partial charge is 0.303 e. The number of carboxylic acids is 2. The number of carbonyl (C=O) groups is 2. The largest absolute Gasteiger partial charge is 0.493 e. The molecule has 9 nitrogen and oxygen atoms in total. The number of nitrogens with one attached hydrogen (secondary N) is 1. The van der Waals surface area contributed by atoms with E-state index in [-0.39, 0.29) is 18.9 Å². The molecule has 0 fully saturated rings. The van der Waals surface area contributed by atoms with Crippen molar-refractivity contribution in [3.63, 3.8) is 0 Å². The van der Waals surface area contributed by atoms with Crippen molar-refractivity contribution in [1.82, 2.24) is 4.98 Å². The van der Waals surface area contributed by atoms with Gasteiger partial charge in [0.2, 0.25) is 0 Å². The van der Waals surface area contributed by atoms with Crippen molar-refractivity contribution >= 4 is 28.5 Å². The molecule has 0 bridgehead atoms. The van der Waals surface area contributed by atoms with Crippen LogP contribution in [0.5, 0.6) is 11.5 Å². The highest BCUT2D eigenvalue weighted by atomic mass is 16.5. The average molecular weight is 407 g/mol. The molecule has 0 saturated heterocycles. The van der Waals surface area contributed by atoms with Crippen LogP contribution in [0.3, 0.4) is 0 Å². The molecular formula is C20H29N3O6. The zero-order valence-corrected chi connectivity index (χ0v) is 17.0. The standard InChI is InChI=1S/C16H23N3O2.C4H6O4/c1-11(17)6-4-8-18-13-10-14(20-2)16(21-3)12-7-5-9-19-15(12)13;5-3(6)1-2-4(7)8/h5,7,9-11,18H,4,6,8,17H2,1-3H3;1-2H2,(H,5,6)(H,7,8). The van der Waals surface area contributed by atoms with Crippen molar-refractivity contribution in [1.29, 1.82) is 0 Å². The molecule has 0 aliphatic rings. The lowest BCUT2D eigenvalue weighted by atomic mass is 10.1. The number of fused-ring (bicyclic) bond motifs is 1. The Labute approximate surface area is 169 Å². The Bertz CT molecular complexity index is 796. The molecule has 0 radical (unpaired) electrons. The summed E-state index contributed by atoms with van der Waals surface area (Å²) in [5.41, 5.74) is 7.61. The number of rotatable bonds is 10. The number of nitrogens with two attached hydrogens (primary N) is 1. The number of carboxylic acid groups (broad SMARTS) is 2. The molecule has 5 N–H and O–H groups in total. The second-order valence-electron chi connectivity index (χ2n) is 6.39. The fourth-order valence-corrected chi connectivity index (χ4v) is 2.56. The van der Waals surface area contributed by atoms with Crippen LogP contribution in [0.25, 0.3) is 10.9 Å². The van der Waals surface area contributed by atoms with Crippen LogP contribution in [0.15, 0.2) is 24.4 Å². The van der Waals surface area contributed by atoms with Crippen molar-refractivity contribution in [3.05, 3.63) is 24.4 Å². The van der Waals surface area contributed by atoms with Gasteiger partial charge in [0.25, 0.3) is 0 Å². The molecule has 2 rings (SSSR count). The topological polar surface area (TPSA) is 144 Å². The van der Waals surface area contributed by atoms with E-state index in [1.165, 1.54) is 0 Å². The monoisotopic (exact) mass is 407 g/mol. The van der Waals surface area contributed by atoms with E-state index in [1.807, 2.05) is 25.1 Å². The minimum atomic E-state index is -1.08. The summed E-state index contributed by atoms with van der Waals surface area (Å²) in [6, 6.07) is 6.04. The number of aliphatic carboxylic acids is 2. The van der Waals surface area contributed by atoms with Crippen LogP contribution < -0.4 is 20.5 Å². The van der Waals surface area contributed by atoms with Gasteiger partial charge in [0.15, 0.2) is 11.5 Å². The van der Waals surface area contributed by atoms with E-state index in [0.717, 1.165) is 36.0 Å². The summed E-state index contributed by atoms with van der Waals surface area (Å²) >= 11 is 0. The third-order valence-corrected chi connectivity index (χ3v) is 3.94. The van der Waals surface area contributed by atoms with Crippen molar-refractivity contribution in [3.8, 4) is 11.5 Å². The summed E-state index contributed by atoms with van der Waals surface area (Å²) in [6.07, 6.45) is 3.19. The van der Waals surface area contributed by atoms with Crippen LogP contribution in [0, 0.1) is 0 Å². The molecule has 1 heterocycles. The van der Waals surface area contributed by atoms with Gasteiger partial charge in [-0.15, -0.1) is 0 Å². The molecule has 1 unspecified atom stereocenters. The van der Waals surface area contributed by atoms with E-state index in [2.05, 4.69) is 10.3 Å². The molecule has 1 aromatic heterocycles. The zero-order chi connectivity index (χ0) is 21.8. The Morgan fingerprint density at radius 2 is 1.86 bits per heavy atom. The molecule has 160 valence electrons. The molecule has 0 amide bonds. The van der Waals surface area contributed by atoms with Crippen LogP contribution >= 0.6 is 0 Å². The van der Waals surface area contributed by atoms with Gasteiger partial charge in [0.1, 0.15) is 0 Å². The predicted molar refractivity (Wildman–Crippen MR) is 111 cm³/mol.